The molecule has 0 fully saturated rings. The van der Waals surface area contributed by atoms with Crippen LogP contribution in [0.15, 0.2) is 45.6 Å². The van der Waals surface area contributed by atoms with Crippen molar-refractivity contribution in [1.29, 1.82) is 0 Å². The molecule has 1 aromatic heterocycles. The number of aromatic hydroxyl groups is 1. The summed E-state index contributed by atoms with van der Waals surface area (Å²) in [4.78, 5) is 12.3. The predicted octanol–water partition coefficient (Wildman–Crippen LogP) is 3.84. The minimum Gasteiger partial charge on any atom is -0.502 e. The maximum absolute atomic E-state index is 12.3. The number of benzene rings is 2. The number of rotatable bonds is 3. The lowest BCUT2D eigenvalue weighted by Gasteiger charge is -2.13. The first-order valence-corrected chi connectivity index (χ1v) is 7.11. The van der Waals surface area contributed by atoms with Crippen LogP contribution in [0.25, 0.3) is 22.3 Å². The third-order valence-corrected chi connectivity index (χ3v) is 3.79. The van der Waals surface area contributed by atoms with Gasteiger partial charge in [0.2, 0.25) is 5.75 Å². The summed E-state index contributed by atoms with van der Waals surface area (Å²) in [7, 11) is 2.84. The molecule has 0 aliphatic carbocycles. The lowest BCUT2D eigenvalue weighted by Crippen LogP contribution is -2.01. The number of para-hydroxylation sites is 1. The fraction of sp³-hybridized carbons (Fsp3) is 0.118. The molecule has 23 heavy (non-hydrogen) atoms. The molecule has 0 spiro atoms. The van der Waals surface area contributed by atoms with Crippen molar-refractivity contribution in [3.8, 4) is 28.6 Å². The van der Waals surface area contributed by atoms with Crippen LogP contribution in [-0.4, -0.2) is 19.3 Å². The number of methoxy groups -OCH3 is 2. The van der Waals surface area contributed by atoms with Gasteiger partial charge < -0.3 is 19.0 Å². The zero-order chi connectivity index (χ0) is 16.6. The van der Waals surface area contributed by atoms with Gasteiger partial charge in [0.05, 0.1) is 30.2 Å². The van der Waals surface area contributed by atoms with Crippen molar-refractivity contribution in [2.75, 3.05) is 14.2 Å². The number of ether oxygens (including phenoxy) is 2. The molecule has 118 valence electrons. The van der Waals surface area contributed by atoms with Gasteiger partial charge in [-0.25, -0.2) is 0 Å². The van der Waals surface area contributed by atoms with Crippen LogP contribution in [0.3, 0.4) is 0 Å². The standard InChI is InChI=1S/C17H13ClO5/c1-21-13-7-6-10(17(22-2)15(13)20)14-8-12(19)9-4-3-5-11(18)16(9)23-14/h3-8,20H,1-2H3. The van der Waals surface area contributed by atoms with E-state index in [0.717, 1.165) is 0 Å². The summed E-state index contributed by atoms with van der Waals surface area (Å²) in [5.41, 5.74) is 0.472. The first-order valence-electron chi connectivity index (χ1n) is 6.73. The minimum absolute atomic E-state index is 0.152. The number of hydrogen-bond donors (Lipinski definition) is 1. The Kier molecular flexibility index (Phi) is 3.88. The second-order valence-electron chi connectivity index (χ2n) is 4.79. The van der Waals surface area contributed by atoms with Crippen molar-refractivity contribution < 1.29 is 19.0 Å². The van der Waals surface area contributed by atoms with E-state index in [4.69, 9.17) is 25.5 Å². The highest BCUT2D eigenvalue weighted by Crippen LogP contribution is 2.43. The first-order chi connectivity index (χ1) is 11.1. The summed E-state index contributed by atoms with van der Waals surface area (Å²) < 4.78 is 16.0. The van der Waals surface area contributed by atoms with E-state index in [-0.39, 0.29) is 34.0 Å². The summed E-state index contributed by atoms with van der Waals surface area (Å²) in [6, 6.07) is 9.49. The quantitative estimate of drug-likeness (QED) is 0.789. The largest absolute Gasteiger partial charge is 0.502 e. The zero-order valence-corrected chi connectivity index (χ0v) is 13.2. The van der Waals surface area contributed by atoms with Crippen molar-refractivity contribution in [1.82, 2.24) is 0 Å². The Morgan fingerprint density at radius 3 is 2.61 bits per heavy atom. The molecule has 0 aliphatic heterocycles. The van der Waals surface area contributed by atoms with Crippen LogP contribution >= 0.6 is 11.6 Å². The van der Waals surface area contributed by atoms with Gasteiger partial charge in [-0.2, -0.15) is 0 Å². The lowest BCUT2D eigenvalue weighted by atomic mass is 10.1. The van der Waals surface area contributed by atoms with Gasteiger partial charge in [0.15, 0.2) is 22.5 Å². The molecular weight excluding hydrogens is 320 g/mol. The Hall–Kier alpha value is -2.66. The van der Waals surface area contributed by atoms with E-state index >= 15 is 0 Å². The van der Waals surface area contributed by atoms with E-state index < -0.39 is 0 Å². The van der Waals surface area contributed by atoms with Crippen molar-refractivity contribution >= 4 is 22.6 Å². The molecule has 0 aliphatic rings. The maximum atomic E-state index is 12.3. The fourth-order valence-corrected chi connectivity index (χ4v) is 2.61. The van der Waals surface area contributed by atoms with E-state index in [1.54, 1.807) is 30.3 Å². The molecule has 0 amide bonds. The molecule has 0 saturated heterocycles. The molecule has 0 saturated carbocycles. The number of fused-ring (bicyclic) bond motifs is 1. The molecule has 5 nitrogen and oxygen atoms in total. The van der Waals surface area contributed by atoms with E-state index in [9.17, 15) is 9.90 Å². The summed E-state index contributed by atoms with van der Waals surface area (Å²) >= 11 is 6.11. The van der Waals surface area contributed by atoms with Gasteiger partial charge in [-0.15, -0.1) is 0 Å². The Morgan fingerprint density at radius 1 is 1.13 bits per heavy atom. The number of phenols is 1. The van der Waals surface area contributed by atoms with E-state index in [1.807, 2.05) is 0 Å². The molecule has 3 rings (SSSR count). The van der Waals surface area contributed by atoms with E-state index in [1.165, 1.54) is 20.3 Å². The molecule has 0 bridgehead atoms. The topological polar surface area (TPSA) is 68.9 Å². The Balaban J connectivity index is 2.31. The molecule has 1 heterocycles. The van der Waals surface area contributed by atoms with Crippen LogP contribution in [0.4, 0.5) is 0 Å². The molecule has 0 unspecified atom stereocenters. The van der Waals surface area contributed by atoms with Crippen LogP contribution in [0.5, 0.6) is 17.2 Å². The summed E-state index contributed by atoms with van der Waals surface area (Å²) in [6.45, 7) is 0. The van der Waals surface area contributed by atoms with Gasteiger partial charge in [-0.05, 0) is 24.3 Å². The van der Waals surface area contributed by atoms with Crippen molar-refractivity contribution in [3.05, 3.63) is 51.6 Å². The average Bonchev–Trinajstić information content (AvgIpc) is 2.55. The third-order valence-electron chi connectivity index (χ3n) is 3.49. The molecule has 1 N–H and O–H groups in total. The number of hydrogen-bond acceptors (Lipinski definition) is 5. The van der Waals surface area contributed by atoms with Gasteiger partial charge in [-0.3, -0.25) is 4.79 Å². The Bertz CT molecular complexity index is 946. The molecule has 3 aromatic rings. The third kappa shape index (κ3) is 2.49. The number of phenolic OH excluding ortho intramolecular Hbond substituents is 1. The summed E-state index contributed by atoms with van der Waals surface area (Å²) in [6.07, 6.45) is 0. The lowest BCUT2D eigenvalue weighted by molar-refractivity contribution is 0.340. The van der Waals surface area contributed by atoms with Gasteiger partial charge in [0.1, 0.15) is 5.76 Å². The summed E-state index contributed by atoms with van der Waals surface area (Å²) in [5.74, 6) is 0.477. The van der Waals surface area contributed by atoms with E-state index in [0.29, 0.717) is 16.0 Å². The van der Waals surface area contributed by atoms with Crippen molar-refractivity contribution in [2.24, 2.45) is 0 Å². The summed E-state index contributed by atoms with van der Waals surface area (Å²) in [5, 5.41) is 10.9. The highest BCUT2D eigenvalue weighted by molar-refractivity contribution is 6.34. The zero-order valence-electron chi connectivity index (χ0n) is 12.4. The minimum atomic E-state index is -0.235. The van der Waals surface area contributed by atoms with Crippen LogP contribution in [-0.2, 0) is 0 Å². The Morgan fingerprint density at radius 2 is 1.91 bits per heavy atom. The second-order valence-corrected chi connectivity index (χ2v) is 5.20. The van der Waals surface area contributed by atoms with Crippen LogP contribution in [0.1, 0.15) is 0 Å². The average molecular weight is 333 g/mol. The Labute approximate surface area is 136 Å². The van der Waals surface area contributed by atoms with Gasteiger partial charge in [0.25, 0.3) is 0 Å². The van der Waals surface area contributed by atoms with Gasteiger partial charge in [0, 0.05) is 6.07 Å². The molecule has 6 heteroatoms. The first kappa shape index (κ1) is 15.2. The number of halogens is 1. The molecular formula is C17H13ClO5. The smallest absolute Gasteiger partial charge is 0.201 e. The van der Waals surface area contributed by atoms with Gasteiger partial charge >= 0.3 is 0 Å². The van der Waals surface area contributed by atoms with Gasteiger partial charge in [-0.1, -0.05) is 17.7 Å². The van der Waals surface area contributed by atoms with Crippen LogP contribution in [0.2, 0.25) is 5.02 Å². The predicted molar refractivity (Wildman–Crippen MR) is 87.7 cm³/mol. The maximum Gasteiger partial charge on any atom is 0.201 e. The SMILES string of the molecule is COc1ccc(-c2cc(=O)c3cccc(Cl)c3o2)c(OC)c1O. The van der Waals surface area contributed by atoms with Crippen molar-refractivity contribution in [3.63, 3.8) is 0 Å². The molecule has 0 atom stereocenters. The van der Waals surface area contributed by atoms with E-state index in [2.05, 4.69) is 0 Å². The van der Waals surface area contributed by atoms with Crippen molar-refractivity contribution in [2.45, 2.75) is 0 Å². The molecule has 0 radical (unpaired) electrons. The fourth-order valence-electron chi connectivity index (χ4n) is 2.39. The normalized spacial score (nSPS) is 10.7. The second kappa shape index (κ2) is 5.85. The van der Waals surface area contributed by atoms with Crippen LogP contribution < -0.4 is 14.9 Å². The molecule has 2 aromatic carbocycles. The monoisotopic (exact) mass is 332 g/mol. The van der Waals surface area contributed by atoms with Crippen LogP contribution in [0, 0.1) is 0 Å². The highest BCUT2D eigenvalue weighted by Gasteiger charge is 2.18. The highest BCUT2D eigenvalue weighted by atomic mass is 35.5.